The van der Waals surface area contributed by atoms with Crippen molar-refractivity contribution in [3.05, 3.63) is 52.7 Å². The first-order chi connectivity index (χ1) is 10.0. The molecule has 0 aliphatic rings. The largest absolute Gasteiger partial charge is 0.481 e. The minimum atomic E-state index is -1.10. The number of rotatable bonds is 4. The standard InChI is InChI=1S/C14H11ClN2O4/c1-21-12-5-3-9(7-16-12)13(18)17-11-6-8(14(19)20)2-4-10(11)15/h2-7H,1H3,(H,17,18)(H,19,20). The second kappa shape index (κ2) is 6.23. The number of carbonyl (C=O) groups excluding carboxylic acids is 1. The summed E-state index contributed by atoms with van der Waals surface area (Å²) >= 11 is 5.94. The second-order valence-corrected chi connectivity index (χ2v) is 4.45. The Balaban J connectivity index is 2.22. The third kappa shape index (κ3) is 3.49. The van der Waals surface area contributed by atoms with E-state index >= 15 is 0 Å². The van der Waals surface area contributed by atoms with Crippen LogP contribution in [0, 0.1) is 0 Å². The summed E-state index contributed by atoms with van der Waals surface area (Å²) in [6.45, 7) is 0. The van der Waals surface area contributed by atoms with Gasteiger partial charge in [0.05, 0.1) is 28.9 Å². The second-order valence-electron chi connectivity index (χ2n) is 4.04. The van der Waals surface area contributed by atoms with Crippen molar-refractivity contribution in [2.45, 2.75) is 0 Å². The number of ether oxygens (including phenoxy) is 1. The fourth-order valence-corrected chi connectivity index (χ4v) is 1.75. The molecule has 1 aromatic heterocycles. The van der Waals surface area contributed by atoms with Crippen LogP contribution in [0.15, 0.2) is 36.5 Å². The van der Waals surface area contributed by atoms with Crippen LogP contribution in [0.3, 0.4) is 0 Å². The van der Waals surface area contributed by atoms with E-state index in [4.69, 9.17) is 21.4 Å². The van der Waals surface area contributed by atoms with E-state index in [0.717, 1.165) is 0 Å². The molecule has 0 radical (unpaired) electrons. The van der Waals surface area contributed by atoms with E-state index < -0.39 is 11.9 Å². The summed E-state index contributed by atoms with van der Waals surface area (Å²) in [6.07, 6.45) is 1.35. The minimum absolute atomic E-state index is 0.0301. The third-order valence-electron chi connectivity index (χ3n) is 2.67. The Morgan fingerprint density at radius 2 is 1.95 bits per heavy atom. The van der Waals surface area contributed by atoms with Crippen molar-refractivity contribution >= 4 is 29.2 Å². The van der Waals surface area contributed by atoms with Gasteiger partial charge in [0.15, 0.2) is 0 Å². The van der Waals surface area contributed by atoms with Crippen LogP contribution in [0.2, 0.25) is 5.02 Å². The molecule has 0 aliphatic carbocycles. The maximum atomic E-state index is 12.0. The van der Waals surface area contributed by atoms with E-state index in [1.54, 1.807) is 6.07 Å². The molecule has 2 N–H and O–H groups in total. The van der Waals surface area contributed by atoms with Gasteiger partial charge >= 0.3 is 5.97 Å². The summed E-state index contributed by atoms with van der Waals surface area (Å²) in [6, 6.07) is 7.14. The van der Waals surface area contributed by atoms with Crippen molar-refractivity contribution in [2.24, 2.45) is 0 Å². The first-order valence-electron chi connectivity index (χ1n) is 5.85. The number of carboxylic acids is 1. The highest BCUT2D eigenvalue weighted by Gasteiger charge is 2.12. The predicted octanol–water partition coefficient (Wildman–Crippen LogP) is 2.69. The number of anilines is 1. The number of halogens is 1. The summed E-state index contributed by atoms with van der Waals surface area (Å²) in [5.74, 6) is -1.17. The molecule has 0 saturated carbocycles. The number of nitrogens with zero attached hydrogens (tertiary/aromatic N) is 1. The molecule has 1 heterocycles. The number of nitrogens with one attached hydrogen (secondary N) is 1. The lowest BCUT2D eigenvalue weighted by molar-refractivity contribution is 0.0696. The molecule has 108 valence electrons. The Kier molecular flexibility index (Phi) is 4.39. The van der Waals surface area contributed by atoms with Crippen LogP contribution in [0.4, 0.5) is 5.69 Å². The monoisotopic (exact) mass is 306 g/mol. The normalized spacial score (nSPS) is 10.0. The summed E-state index contributed by atoms with van der Waals surface area (Å²) in [4.78, 5) is 26.9. The number of hydrogen-bond donors (Lipinski definition) is 2. The number of amides is 1. The first-order valence-corrected chi connectivity index (χ1v) is 6.23. The van der Waals surface area contributed by atoms with Gasteiger partial charge in [-0.05, 0) is 24.3 Å². The molecule has 1 aromatic carbocycles. The molecule has 21 heavy (non-hydrogen) atoms. The predicted molar refractivity (Wildman–Crippen MR) is 77.2 cm³/mol. The summed E-state index contributed by atoms with van der Waals surface area (Å²) in [5.41, 5.74) is 0.549. The summed E-state index contributed by atoms with van der Waals surface area (Å²) in [5, 5.41) is 11.7. The van der Waals surface area contributed by atoms with Crippen LogP contribution in [-0.2, 0) is 0 Å². The first kappa shape index (κ1) is 14.8. The molecule has 1 amide bonds. The zero-order valence-corrected chi connectivity index (χ0v) is 11.7. The number of aromatic carboxylic acids is 1. The average Bonchev–Trinajstić information content (AvgIpc) is 2.49. The average molecular weight is 307 g/mol. The molecule has 0 fully saturated rings. The smallest absolute Gasteiger partial charge is 0.335 e. The zero-order chi connectivity index (χ0) is 15.4. The molecule has 0 saturated heterocycles. The van der Waals surface area contributed by atoms with E-state index in [-0.39, 0.29) is 16.3 Å². The number of hydrogen-bond acceptors (Lipinski definition) is 4. The van der Waals surface area contributed by atoms with E-state index in [0.29, 0.717) is 11.4 Å². The molecule has 0 bridgehead atoms. The SMILES string of the molecule is COc1ccc(C(=O)Nc2cc(C(=O)O)ccc2Cl)cn1. The lowest BCUT2D eigenvalue weighted by Gasteiger charge is -2.08. The van der Waals surface area contributed by atoms with Crippen LogP contribution in [-0.4, -0.2) is 29.1 Å². The molecule has 0 aliphatic heterocycles. The Bertz CT molecular complexity index is 686. The highest BCUT2D eigenvalue weighted by molar-refractivity contribution is 6.34. The maximum absolute atomic E-state index is 12.0. The van der Waals surface area contributed by atoms with Gasteiger partial charge in [-0.25, -0.2) is 9.78 Å². The van der Waals surface area contributed by atoms with E-state index in [1.165, 1.54) is 37.6 Å². The number of carbonyl (C=O) groups is 2. The molecule has 7 heteroatoms. The molecule has 0 unspecified atom stereocenters. The fourth-order valence-electron chi connectivity index (χ4n) is 1.58. The van der Waals surface area contributed by atoms with Crippen molar-refractivity contribution in [1.29, 1.82) is 0 Å². The van der Waals surface area contributed by atoms with Gasteiger partial charge in [-0.15, -0.1) is 0 Å². The highest BCUT2D eigenvalue weighted by atomic mass is 35.5. The van der Waals surface area contributed by atoms with Crippen LogP contribution in [0.25, 0.3) is 0 Å². The van der Waals surface area contributed by atoms with E-state index in [9.17, 15) is 9.59 Å². The van der Waals surface area contributed by atoms with Crippen molar-refractivity contribution in [1.82, 2.24) is 4.98 Å². The lowest BCUT2D eigenvalue weighted by atomic mass is 10.2. The van der Waals surface area contributed by atoms with Gasteiger partial charge in [-0.3, -0.25) is 4.79 Å². The number of methoxy groups -OCH3 is 1. The number of benzene rings is 1. The number of pyridine rings is 1. The zero-order valence-electron chi connectivity index (χ0n) is 11.0. The van der Waals surface area contributed by atoms with Gasteiger partial charge in [0.1, 0.15) is 0 Å². The van der Waals surface area contributed by atoms with Crippen LogP contribution in [0.5, 0.6) is 5.88 Å². The quantitative estimate of drug-likeness (QED) is 0.906. The van der Waals surface area contributed by atoms with Gasteiger partial charge in [0, 0.05) is 12.3 Å². The van der Waals surface area contributed by atoms with Gasteiger partial charge in [0.25, 0.3) is 5.91 Å². The maximum Gasteiger partial charge on any atom is 0.335 e. The molecular formula is C14H11ClN2O4. The van der Waals surface area contributed by atoms with Gasteiger partial charge in [-0.2, -0.15) is 0 Å². The molecule has 2 rings (SSSR count). The van der Waals surface area contributed by atoms with E-state index in [2.05, 4.69) is 10.3 Å². The minimum Gasteiger partial charge on any atom is -0.481 e. The topological polar surface area (TPSA) is 88.5 Å². The highest BCUT2D eigenvalue weighted by Crippen LogP contribution is 2.23. The Morgan fingerprint density at radius 1 is 1.24 bits per heavy atom. The van der Waals surface area contributed by atoms with Crippen LogP contribution >= 0.6 is 11.6 Å². The van der Waals surface area contributed by atoms with Crippen LogP contribution in [0.1, 0.15) is 20.7 Å². The van der Waals surface area contributed by atoms with Crippen molar-refractivity contribution in [2.75, 3.05) is 12.4 Å². The van der Waals surface area contributed by atoms with Crippen molar-refractivity contribution in [3.8, 4) is 5.88 Å². The summed E-state index contributed by atoms with van der Waals surface area (Å²) < 4.78 is 4.90. The van der Waals surface area contributed by atoms with Gasteiger partial charge in [-0.1, -0.05) is 11.6 Å². The molecule has 6 nitrogen and oxygen atoms in total. The number of carboxylic acid groups (broad SMARTS) is 1. The fraction of sp³-hybridized carbons (Fsp3) is 0.0714. The summed E-state index contributed by atoms with van der Waals surface area (Å²) in [7, 11) is 1.47. The molecule has 0 spiro atoms. The van der Waals surface area contributed by atoms with Gasteiger partial charge < -0.3 is 15.2 Å². The Morgan fingerprint density at radius 3 is 2.52 bits per heavy atom. The third-order valence-corrected chi connectivity index (χ3v) is 3.00. The van der Waals surface area contributed by atoms with E-state index in [1.807, 2.05) is 0 Å². The van der Waals surface area contributed by atoms with Gasteiger partial charge in [0.2, 0.25) is 5.88 Å². The Hall–Kier alpha value is -2.60. The van der Waals surface area contributed by atoms with Crippen LogP contribution < -0.4 is 10.1 Å². The van der Waals surface area contributed by atoms with Crippen molar-refractivity contribution in [3.63, 3.8) is 0 Å². The lowest BCUT2D eigenvalue weighted by Crippen LogP contribution is -2.13. The van der Waals surface area contributed by atoms with Crippen molar-refractivity contribution < 1.29 is 19.4 Å². The molecule has 0 atom stereocenters. The molecule has 2 aromatic rings. The number of aromatic nitrogens is 1. The molecular weight excluding hydrogens is 296 g/mol. The Labute approximate surface area is 125 Å².